The minimum absolute atomic E-state index is 0.0538. The van der Waals surface area contributed by atoms with E-state index in [2.05, 4.69) is 0 Å². The predicted octanol–water partition coefficient (Wildman–Crippen LogP) is 2.11. The summed E-state index contributed by atoms with van der Waals surface area (Å²) in [6, 6.07) is 4.44. The van der Waals surface area contributed by atoms with Gasteiger partial charge < -0.3 is 4.74 Å². The van der Waals surface area contributed by atoms with Crippen LogP contribution in [0.15, 0.2) is 18.2 Å². The van der Waals surface area contributed by atoms with E-state index in [-0.39, 0.29) is 11.7 Å². The molecule has 2 nitrogen and oxygen atoms in total. The van der Waals surface area contributed by atoms with Gasteiger partial charge in [0, 0.05) is 5.56 Å². The van der Waals surface area contributed by atoms with Gasteiger partial charge in [0.25, 0.3) is 0 Å². The number of benzene rings is 1. The predicted molar refractivity (Wildman–Crippen MR) is 45.0 cm³/mol. The lowest BCUT2D eigenvalue weighted by atomic mass is 10.1. The topological polar surface area (TPSA) is 33.1 Å². The molecular weight excluding hydrogens is 157 g/mol. The Balaban J connectivity index is 3.05. The molecule has 0 fully saturated rings. The van der Waals surface area contributed by atoms with Gasteiger partial charge in [-0.2, -0.15) is 0 Å². The molecule has 0 atom stereocenters. The number of hydrogen-bond donors (Lipinski definition) is 1. The van der Waals surface area contributed by atoms with Crippen LogP contribution in [0.5, 0.6) is 0 Å². The minimum Gasteiger partial charge on any atom is -0.481 e. The largest absolute Gasteiger partial charge is 0.481 e. The smallest absolute Gasteiger partial charge is 0.212 e. The highest BCUT2D eigenvalue weighted by Gasteiger charge is 2.03. The van der Waals surface area contributed by atoms with Gasteiger partial charge in [-0.3, -0.25) is 5.41 Å². The first kappa shape index (κ1) is 8.71. The zero-order valence-electron chi connectivity index (χ0n) is 7.02. The van der Waals surface area contributed by atoms with Gasteiger partial charge in [0.2, 0.25) is 5.90 Å². The number of halogens is 1. The molecule has 0 aliphatic heterocycles. The fraction of sp³-hybridized carbons (Fsp3) is 0.222. The zero-order valence-corrected chi connectivity index (χ0v) is 7.02. The van der Waals surface area contributed by atoms with E-state index in [1.807, 2.05) is 0 Å². The Bertz CT molecular complexity index is 309. The Morgan fingerprint density at radius 3 is 2.67 bits per heavy atom. The number of rotatable bonds is 1. The molecule has 0 amide bonds. The van der Waals surface area contributed by atoms with Gasteiger partial charge in [-0.05, 0) is 30.7 Å². The van der Waals surface area contributed by atoms with Crippen LogP contribution in [0.2, 0.25) is 0 Å². The van der Waals surface area contributed by atoms with Crippen molar-refractivity contribution in [2.24, 2.45) is 0 Å². The standard InChI is InChI=1S/C9H10FNO/c1-6-5-7(9(11)12-2)3-4-8(6)10/h3-5,11H,1-2H3. The van der Waals surface area contributed by atoms with Crippen molar-refractivity contribution in [1.82, 2.24) is 0 Å². The summed E-state index contributed by atoms with van der Waals surface area (Å²) in [5, 5.41) is 7.30. The second kappa shape index (κ2) is 3.34. The van der Waals surface area contributed by atoms with E-state index in [0.29, 0.717) is 11.1 Å². The number of aryl methyl sites for hydroxylation is 1. The van der Waals surface area contributed by atoms with Crippen LogP contribution in [0, 0.1) is 18.2 Å². The Labute approximate surface area is 70.5 Å². The molecule has 0 bridgehead atoms. The van der Waals surface area contributed by atoms with E-state index >= 15 is 0 Å². The summed E-state index contributed by atoms with van der Waals surface area (Å²) in [6.07, 6.45) is 0. The molecule has 0 heterocycles. The van der Waals surface area contributed by atoms with E-state index < -0.39 is 0 Å². The van der Waals surface area contributed by atoms with Crippen LogP contribution in [0.25, 0.3) is 0 Å². The zero-order chi connectivity index (χ0) is 9.14. The number of nitrogens with one attached hydrogen (secondary N) is 1. The molecule has 0 saturated heterocycles. The van der Waals surface area contributed by atoms with Crippen LogP contribution in [0.3, 0.4) is 0 Å². The summed E-state index contributed by atoms with van der Waals surface area (Å²) < 4.78 is 17.4. The molecule has 0 saturated carbocycles. The maximum absolute atomic E-state index is 12.8. The van der Waals surface area contributed by atoms with Gasteiger partial charge in [-0.25, -0.2) is 4.39 Å². The first-order valence-electron chi connectivity index (χ1n) is 3.54. The number of ether oxygens (including phenoxy) is 1. The fourth-order valence-corrected chi connectivity index (χ4v) is 0.904. The number of methoxy groups -OCH3 is 1. The molecule has 1 rings (SSSR count). The van der Waals surface area contributed by atoms with Gasteiger partial charge in [0.1, 0.15) is 5.82 Å². The molecule has 0 aliphatic rings. The lowest BCUT2D eigenvalue weighted by Crippen LogP contribution is -2.01. The molecule has 1 aromatic carbocycles. The molecule has 0 radical (unpaired) electrons. The van der Waals surface area contributed by atoms with Gasteiger partial charge in [0.15, 0.2) is 0 Å². The van der Waals surface area contributed by atoms with Crippen molar-refractivity contribution in [2.75, 3.05) is 7.11 Å². The normalized spacial score (nSPS) is 9.58. The molecule has 64 valence electrons. The van der Waals surface area contributed by atoms with Crippen molar-refractivity contribution >= 4 is 5.90 Å². The van der Waals surface area contributed by atoms with Crippen LogP contribution in [-0.2, 0) is 4.74 Å². The second-order valence-corrected chi connectivity index (χ2v) is 2.50. The highest BCUT2D eigenvalue weighted by atomic mass is 19.1. The van der Waals surface area contributed by atoms with Gasteiger partial charge in [-0.15, -0.1) is 0 Å². The van der Waals surface area contributed by atoms with Crippen molar-refractivity contribution in [2.45, 2.75) is 6.92 Å². The average Bonchev–Trinajstić information content (AvgIpc) is 2.08. The first-order valence-corrected chi connectivity index (χ1v) is 3.54. The van der Waals surface area contributed by atoms with Crippen molar-refractivity contribution in [3.8, 4) is 0 Å². The molecule has 1 aromatic rings. The molecule has 0 spiro atoms. The number of hydrogen-bond acceptors (Lipinski definition) is 2. The monoisotopic (exact) mass is 167 g/mol. The van der Waals surface area contributed by atoms with Crippen molar-refractivity contribution in [1.29, 1.82) is 5.41 Å². The van der Waals surface area contributed by atoms with E-state index in [9.17, 15) is 4.39 Å². The SMILES string of the molecule is COC(=N)c1ccc(F)c(C)c1. The molecule has 0 unspecified atom stereocenters. The molecule has 3 heteroatoms. The summed E-state index contributed by atoms with van der Waals surface area (Å²) in [7, 11) is 1.42. The third-order valence-electron chi connectivity index (χ3n) is 1.62. The maximum Gasteiger partial charge on any atom is 0.212 e. The van der Waals surface area contributed by atoms with E-state index in [1.54, 1.807) is 13.0 Å². The van der Waals surface area contributed by atoms with Crippen LogP contribution in [0.1, 0.15) is 11.1 Å². The lowest BCUT2D eigenvalue weighted by molar-refractivity contribution is 0.401. The minimum atomic E-state index is -0.261. The quantitative estimate of drug-likeness (QED) is 0.504. The Morgan fingerprint density at radius 2 is 2.17 bits per heavy atom. The highest BCUT2D eigenvalue weighted by molar-refractivity contribution is 5.91. The molecule has 1 N–H and O–H groups in total. The van der Waals surface area contributed by atoms with E-state index in [1.165, 1.54) is 19.2 Å². The second-order valence-electron chi connectivity index (χ2n) is 2.50. The Hall–Kier alpha value is -1.38. The average molecular weight is 167 g/mol. The summed E-state index contributed by atoms with van der Waals surface area (Å²) in [5.74, 6) is -0.208. The molecule has 12 heavy (non-hydrogen) atoms. The summed E-state index contributed by atoms with van der Waals surface area (Å²) in [6.45, 7) is 1.65. The third kappa shape index (κ3) is 1.61. The van der Waals surface area contributed by atoms with Crippen LogP contribution < -0.4 is 0 Å². The van der Waals surface area contributed by atoms with Gasteiger partial charge >= 0.3 is 0 Å². The Kier molecular flexibility index (Phi) is 2.43. The maximum atomic E-state index is 12.8. The highest BCUT2D eigenvalue weighted by Crippen LogP contribution is 2.09. The molecule has 0 aromatic heterocycles. The summed E-state index contributed by atoms with van der Waals surface area (Å²) in [5.41, 5.74) is 1.12. The molecule has 0 aliphatic carbocycles. The van der Waals surface area contributed by atoms with Crippen LogP contribution >= 0.6 is 0 Å². The first-order chi connectivity index (χ1) is 5.65. The van der Waals surface area contributed by atoms with Crippen LogP contribution in [0.4, 0.5) is 4.39 Å². The summed E-state index contributed by atoms with van der Waals surface area (Å²) in [4.78, 5) is 0. The fourth-order valence-electron chi connectivity index (χ4n) is 0.904. The Morgan fingerprint density at radius 1 is 1.50 bits per heavy atom. The van der Waals surface area contributed by atoms with Crippen molar-refractivity contribution in [3.05, 3.63) is 35.1 Å². The molecular formula is C9H10FNO. The van der Waals surface area contributed by atoms with Gasteiger partial charge in [0.05, 0.1) is 7.11 Å². The van der Waals surface area contributed by atoms with Crippen LogP contribution in [-0.4, -0.2) is 13.0 Å². The van der Waals surface area contributed by atoms with E-state index in [0.717, 1.165) is 0 Å². The third-order valence-corrected chi connectivity index (χ3v) is 1.62. The van der Waals surface area contributed by atoms with Crippen molar-refractivity contribution < 1.29 is 9.13 Å². The summed E-state index contributed by atoms with van der Waals surface area (Å²) >= 11 is 0. The van der Waals surface area contributed by atoms with Gasteiger partial charge in [-0.1, -0.05) is 0 Å². The van der Waals surface area contributed by atoms with E-state index in [4.69, 9.17) is 10.1 Å². The lowest BCUT2D eigenvalue weighted by Gasteiger charge is -2.03. The van der Waals surface area contributed by atoms with Crippen molar-refractivity contribution in [3.63, 3.8) is 0 Å².